The molecule has 0 saturated carbocycles. The maximum atomic E-state index is 10.9. The molecule has 0 bridgehead atoms. The molecular formula is C10H11ClO3. The van der Waals surface area contributed by atoms with E-state index in [0.717, 1.165) is 6.42 Å². The van der Waals surface area contributed by atoms with Gasteiger partial charge in [-0.2, -0.15) is 0 Å². The minimum atomic E-state index is -0.396. The number of hydrogen-bond donors (Lipinski definition) is 0. The van der Waals surface area contributed by atoms with Gasteiger partial charge in [-0.05, 0) is 18.6 Å². The first-order chi connectivity index (χ1) is 6.74. The predicted octanol–water partition coefficient (Wildman–Crippen LogP) is 2.98. The van der Waals surface area contributed by atoms with Crippen molar-refractivity contribution in [2.24, 2.45) is 0 Å². The Labute approximate surface area is 87.5 Å². The molecule has 0 aliphatic carbocycles. The molecule has 0 saturated heterocycles. The monoisotopic (exact) mass is 214 g/mol. The first-order valence-electron chi connectivity index (χ1n) is 4.36. The van der Waals surface area contributed by atoms with Crippen LogP contribution >= 0.6 is 11.6 Å². The Balaban J connectivity index is 2.46. The molecule has 14 heavy (non-hydrogen) atoms. The van der Waals surface area contributed by atoms with Crippen LogP contribution in [0.2, 0.25) is 5.02 Å². The van der Waals surface area contributed by atoms with Gasteiger partial charge in [-0.1, -0.05) is 30.7 Å². The van der Waals surface area contributed by atoms with Crippen molar-refractivity contribution in [1.82, 2.24) is 0 Å². The predicted molar refractivity (Wildman–Crippen MR) is 53.1 cm³/mol. The third kappa shape index (κ3) is 3.26. The maximum Gasteiger partial charge on any atom is 0.355 e. The van der Waals surface area contributed by atoms with Crippen molar-refractivity contribution in [3.8, 4) is 5.75 Å². The van der Waals surface area contributed by atoms with Crippen LogP contribution < -0.4 is 4.89 Å². The zero-order valence-corrected chi connectivity index (χ0v) is 8.58. The Morgan fingerprint density at radius 2 is 2.14 bits per heavy atom. The summed E-state index contributed by atoms with van der Waals surface area (Å²) in [5, 5.41) is 0.414. The highest BCUT2D eigenvalue weighted by Crippen LogP contribution is 2.23. The van der Waals surface area contributed by atoms with E-state index in [1.807, 2.05) is 6.92 Å². The number of carbonyl (C=O) groups is 1. The fraction of sp³-hybridized carbons (Fsp3) is 0.300. The van der Waals surface area contributed by atoms with Gasteiger partial charge in [-0.3, -0.25) is 9.78 Å². The summed E-state index contributed by atoms with van der Waals surface area (Å²) in [6.07, 6.45) is 1.06. The van der Waals surface area contributed by atoms with Gasteiger partial charge in [0.05, 0.1) is 5.02 Å². The van der Waals surface area contributed by atoms with Gasteiger partial charge in [0, 0.05) is 6.42 Å². The molecule has 0 aromatic heterocycles. The quantitative estimate of drug-likeness (QED) is 0.571. The second-order valence-corrected chi connectivity index (χ2v) is 3.13. The van der Waals surface area contributed by atoms with Gasteiger partial charge < -0.3 is 0 Å². The van der Waals surface area contributed by atoms with Crippen molar-refractivity contribution in [2.45, 2.75) is 19.8 Å². The first kappa shape index (κ1) is 10.9. The summed E-state index contributed by atoms with van der Waals surface area (Å²) in [5.74, 6) is -0.0500. The van der Waals surface area contributed by atoms with E-state index < -0.39 is 5.97 Å². The normalized spacial score (nSPS) is 9.57. The molecule has 1 rings (SSSR count). The Morgan fingerprint density at radius 1 is 1.43 bits per heavy atom. The fourth-order valence-corrected chi connectivity index (χ4v) is 1.02. The molecule has 0 unspecified atom stereocenters. The van der Waals surface area contributed by atoms with Crippen molar-refractivity contribution < 1.29 is 14.6 Å². The van der Waals surface area contributed by atoms with Crippen molar-refractivity contribution in [3.05, 3.63) is 29.3 Å². The van der Waals surface area contributed by atoms with Crippen molar-refractivity contribution in [3.63, 3.8) is 0 Å². The Morgan fingerprint density at radius 3 is 2.79 bits per heavy atom. The molecule has 0 atom stereocenters. The molecule has 1 aromatic rings. The lowest BCUT2D eigenvalue weighted by atomic mass is 10.3. The van der Waals surface area contributed by atoms with Crippen LogP contribution in [-0.4, -0.2) is 5.97 Å². The largest absolute Gasteiger partial charge is 0.355 e. The third-order valence-corrected chi connectivity index (χ3v) is 1.83. The van der Waals surface area contributed by atoms with Crippen LogP contribution in [0.3, 0.4) is 0 Å². The van der Waals surface area contributed by atoms with Crippen LogP contribution in [0.4, 0.5) is 0 Å². The van der Waals surface area contributed by atoms with Gasteiger partial charge in [0.25, 0.3) is 0 Å². The molecule has 0 N–H and O–H groups in total. The SMILES string of the molecule is CCCC(=O)OOc1ccccc1Cl. The van der Waals surface area contributed by atoms with Crippen LogP contribution in [0.5, 0.6) is 5.75 Å². The van der Waals surface area contributed by atoms with Crippen LogP contribution in [0.1, 0.15) is 19.8 Å². The summed E-state index contributed by atoms with van der Waals surface area (Å²) in [7, 11) is 0. The van der Waals surface area contributed by atoms with Gasteiger partial charge >= 0.3 is 5.97 Å². The van der Waals surface area contributed by atoms with E-state index >= 15 is 0 Å². The van der Waals surface area contributed by atoms with E-state index in [1.54, 1.807) is 24.3 Å². The smallest absolute Gasteiger partial charge is 0.285 e. The summed E-state index contributed by atoms with van der Waals surface area (Å²) in [4.78, 5) is 20.2. The third-order valence-electron chi connectivity index (χ3n) is 1.52. The average Bonchev–Trinajstić information content (AvgIpc) is 2.17. The molecule has 0 fully saturated rings. The molecule has 1 aromatic carbocycles. The lowest BCUT2D eigenvalue weighted by Crippen LogP contribution is -2.07. The van der Waals surface area contributed by atoms with Crippen LogP contribution in [0, 0.1) is 0 Å². The molecule has 0 heterocycles. The Kier molecular flexibility index (Phi) is 4.26. The molecule has 0 spiro atoms. The van der Waals surface area contributed by atoms with Crippen molar-refractivity contribution in [1.29, 1.82) is 0 Å². The topological polar surface area (TPSA) is 35.5 Å². The second kappa shape index (κ2) is 5.50. The van der Waals surface area contributed by atoms with E-state index in [1.165, 1.54) is 0 Å². The molecule has 0 amide bonds. The molecule has 3 nitrogen and oxygen atoms in total. The number of carbonyl (C=O) groups excluding carboxylic acids is 1. The number of para-hydroxylation sites is 1. The molecule has 4 heteroatoms. The fourth-order valence-electron chi connectivity index (χ4n) is 0.849. The molecular weight excluding hydrogens is 204 g/mol. The van der Waals surface area contributed by atoms with Gasteiger partial charge in [0.15, 0.2) is 5.75 Å². The van der Waals surface area contributed by atoms with E-state index in [0.29, 0.717) is 17.2 Å². The standard InChI is InChI=1S/C10H11ClO3/c1-2-5-10(12)14-13-9-7-4-3-6-8(9)11/h3-4,6-7H,2,5H2,1H3. The summed E-state index contributed by atoms with van der Waals surface area (Å²) >= 11 is 5.77. The van der Waals surface area contributed by atoms with Crippen molar-refractivity contribution >= 4 is 17.6 Å². The van der Waals surface area contributed by atoms with Crippen LogP contribution in [0.15, 0.2) is 24.3 Å². The molecule has 76 valence electrons. The average molecular weight is 215 g/mol. The summed E-state index contributed by atoms with van der Waals surface area (Å²) in [6.45, 7) is 1.89. The Hall–Kier alpha value is -1.22. The molecule has 0 aliphatic heterocycles. The van der Waals surface area contributed by atoms with E-state index in [4.69, 9.17) is 16.5 Å². The maximum absolute atomic E-state index is 10.9. The highest BCUT2D eigenvalue weighted by atomic mass is 35.5. The van der Waals surface area contributed by atoms with E-state index in [9.17, 15) is 4.79 Å². The number of hydrogen-bond acceptors (Lipinski definition) is 3. The lowest BCUT2D eigenvalue weighted by Gasteiger charge is -2.04. The first-order valence-corrected chi connectivity index (χ1v) is 4.73. The minimum absolute atomic E-state index is 0.338. The summed E-state index contributed by atoms with van der Waals surface area (Å²) in [5.41, 5.74) is 0. The number of benzene rings is 1. The van der Waals surface area contributed by atoms with E-state index in [-0.39, 0.29) is 0 Å². The molecule has 0 aliphatic rings. The highest BCUT2D eigenvalue weighted by Gasteiger charge is 2.05. The van der Waals surface area contributed by atoms with Gasteiger partial charge in [0.1, 0.15) is 0 Å². The zero-order valence-electron chi connectivity index (χ0n) is 7.83. The van der Waals surface area contributed by atoms with Crippen molar-refractivity contribution in [2.75, 3.05) is 0 Å². The molecule has 0 radical (unpaired) electrons. The van der Waals surface area contributed by atoms with Gasteiger partial charge in [-0.15, -0.1) is 0 Å². The minimum Gasteiger partial charge on any atom is -0.285 e. The number of rotatable bonds is 4. The van der Waals surface area contributed by atoms with Gasteiger partial charge in [0.2, 0.25) is 0 Å². The number of halogens is 1. The lowest BCUT2D eigenvalue weighted by molar-refractivity contribution is -0.213. The highest BCUT2D eigenvalue weighted by molar-refractivity contribution is 6.32. The summed E-state index contributed by atoms with van der Waals surface area (Å²) in [6, 6.07) is 6.80. The Bertz CT molecular complexity index is 312. The zero-order chi connectivity index (χ0) is 10.4. The summed E-state index contributed by atoms with van der Waals surface area (Å²) < 4.78 is 0. The second-order valence-electron chi connectivity index (χ2n) is 2.72. The van der Waals surface area contributed by atoms with Gasteiger partial charge in [-0.25, -0.2) is 4.79 Å². The van der Waals surface area contributed by atoms with Crippen LogP contribution in [0.25, 0.3) is 0 Å². The van der Waals surface area contributed by atoms with E-state index in [2.05, 4.69) is 4.89 Å². The van der Waals surface area contributed by atoms with Crippen LogP contribution in [-0.2, 0) is 9.68 Å².